The van der Waals surface area contributed by atoms with Crippen LogP contribution in [-0.2, 0) is 13.0 Å². The predicted molar refractivity (Wildman–Crippen MR) is 75.5 cm³/mol. The number of amides is 1. The molecule has 2 aromatic rings. The highest BCUT2D eigenvalue weighted by Gasteiger charge is 2.08. The van der Waals surface area contributed by atoms with E-state index in [0.29, 0.717) is 23.8 Å². The summed E-state index contributed by atoms with van der Waals surface area (Å²) in [4.78, 5) is 21.6. The second kappa shape index (κ2) is 6.18. The number of oxazole rings is 1. The van der Waals surface area contributed by atoms with E-state index in [-0.39, 0.29) is 5.91 Å². The minimum Gasteiger partial charge on any atom is -0.444 e. The van der Waals surface area contributed by atoms with Crippen LogP contribution in [0.5, 0.6) is 0 Å². The van der Waals surface area contributed by atoms with Crippen molar-refractivity contribution in [1.82, 2.24) is 14.9 Å². The van der Waals surface area contributed by atoms with Crippen LogP contribution in [0.15, 0.2) is 28.9 Å². The highest BCUT2D eigenvalue weighted by molar-refractivity contribution is 5.93. The zero-order valence-corrected chi connectivity index (χ0v) is 11.9. The number of hydrogen-bond acceptors (Lipinski definition) is 5. The number of aromatic nitrogens is 2. The Morgan fingerprint density at radius 2 is 2.10 bits per heavy atom. The molecular formula is C14H18N4O2. The van der Waals surface area contributed by atoms with Gasteiger partial charge in [-0.3, -0.25) is 4.79 Å². The molecule has 0 spiro atoms. The molecule has 106 valence electrons. The van der Waals surface area contributed by atoms with Gasteiger partial charge in [-0.25, -0.2) is 9.97 Å². The van der Waals surface area contributed by atoms with Gasteiger partial charge in [-0.05, 0) is 12.1 Å². The first kappa shape index (κ1) is 14.0. The van der Waals surface area contributed by atoms with Crippen LogP contribution in [-0.4, -0.2) is 34.9 Å². The summed E-state index contributed by atoms with van der Waals surface area (Å²) in [7, 11) is 3.42. The summed E-state index contributed by atoms with van der Waals surface area (Å²) >= 11 is 0. The summed E-state index contributed by atoms with van der Waals surface area (Å²) in [6.07, 6.45) is 4.10. The summed E-state index contributed by atoms with van der Waals surface area (Å²) in [5.74, 6) is 2.10. The molecule has 0 radical (unpaired) electrons. The van der Waals surface area contributed by atoms with Crippen molar-refractivity contribution in [2.75, 3.05) is 19.4 Å². The zero-order chi connectivity index (χ0) is 14.5. The van der Waals surface area contributed by atoms with Crippen LogP contribution in [0.3, 0.4) is 0 Å². The lowest BCUT2D eigenvalue weighted by Crippen LogP contribution is -2.21. The van der Waals surface area contributed by atoms with Crippen LogP contribution >= 0.6 is 0 Å². The van der Waals surface area contributed by atoms with E-state index in [1.165, 1.54) is 4.90 Å². The van der Waals surface area contributed by atoms with Crippen molar-refractivity contribution in [3.05, 3.63) is 41.7 Å². The molecule has 2 aromatic heterocycles. The predicted octanol–water partition coefficient (Wildman–Crippen LogP) is 1.95. The molecule has 0 fully saturated rings. The van der Waals surface area contributed by atoms with Crippen molar-refractivity contribution in [3.8, 4) is 0 Å². The van der Waals surface area contributed by atoms with Crippen LogP contribution in [0.2, 0.25) is 0 Å². The number of carbonyl (C=O) groups is 1. The van der Waals surface area contributed by atoms with E-state index in [1.54, 1.807) is 38.6 Å². The van der Waals surface area contributed by atoms with Crippen LogP contribution in [0.25, 0.3) is 0 Å². The van der Waals surface area contributed by atoms with Gasteiger partial charge < -0.3 is 14.6 Å². The van der Waals surface area contributed by atoms with Gasteiger partial charge in [-0.1, -0.05) is 6.92 Å². The van der Waals surface area contributed by atoms with Crippen molar-refractivity contribution in [3.63, 3.8) is 0 Å². The number of nitrogens with zero attached hydrogens (tertiary/aromatic N) is 3. The number of rotatable bonds is 5. The molecule has 6 heteroatoms. The first-order valence-electron chi connectivity index (χ1n) is 6.45. The van der Waals surface area contributed by atoms with E-state index < -0.39 is 0 Å². The van der Waals surface area contributed by atoms with Crippen LogP contribution in [0.1, 0.15) is 28.9 Å². The fraction of sp³-hybridized carbons (Fsp3) is 0.357. The third-order valence-electron chi connectivity index (χ3n) is 2.79. The molecule has 1 amide bonds. The SMILES string of the molecule is CCc1cnc(CNc2ccc(C(=O)N(C)C)cn2)o1. The fourth-order valence-electron chi connectivity index (χ4n) is 1.64. The summed E-state index contributed by atoms with van der Waals surface area (Å²) in [6.45, 7) is 2.48. The number of anilines is 1. The lowest BCUT2D eigenvalue weighted by Gasteiger charge is -2.10. The number of carbonyl (C=O) groups excluding carboxylic acids is 1. The molecule has 2 rings (SSSR count). The minimum atomic E-state index is -0.0654. The molecule has 0 unspecified atom stereocenters. The molecule has 0 aliphatic heterocycles. The molecule has 0 saturated heterocycles. The Kier molecular flexibility index (Phi) is 4.34. The van der Waals surface area contributed by atoms with Gasteiger partial charge in [0.15, 0.2) is 0 Å². The van der Waals surface area contributed by atoms with Gasteiger partial charge >= 0.3 is 0 Å². The molecule has 0 saturated carbocycles. The van der Waals surface area contributed by atoms with E-state index >= 15 is 0 Å². The number of nitrogens with one attached hydrogen (secondary N) is 1. The van der Waals surface area contributed by atoms with E-state index in [9.17, 15) is 4.79 Å². The summed E-state index contributed by atoms with van der Waals surface area (Å²) < 4.78 is 5.49. The summed E-state index contributed by atoms with van der Waals surface area (Å²) in [5.41, 5.74) is 0.560. The Bertz CT molecular complexity index is 575. The second-order valence-corrected chi connectivity index (χ2v) is 4.56. The Hall–Kier alpha value is -2.37. The maximum Gasteiger partial charge on any atom is 0.254 e. The van der Waals surface area contributed by atoms with Crippen molar-refractivity contribution in [2.45, 2.75) is 19.9 Å². The zero-order valence-electron chi connectivity index (χ0n) is 11.9. The second-order valence-electron chi connectivity index (χ2n) is 4.56. The average molecular weight is 274 g/mol. The Balaban J connectivity index is 1.95. The monoisotopic (exact) mass is 274 g/mol. The first-order chi connectivity index (χ1) is 9.60. The number of hydrogen-bond donors (Lipinski definition) is 1. The molecule has 6 nitrogen and oxygen atoms in total. The molecule has 0 aliphatic rings. The molecule has 20 heavy (non-hydrogen) atoms. The van der Waals surface area contributed by atoms with Gasteiger partial charge in [-0.15, -0.1) is 0 Å². The quantitative estimate of drug-likeness (QED) is 0.902. The topological polar surface area (TPSA) is 71.3 Å². The molecular weight excluding hydrogens is 256 g/mol. The molecule has 0 atom stereocenters. The highest BCUT2D eigenvalue weighted by Crippen LogP contribution is 2.09. The van der Waals surface area contributed by atoms with E-state index in [0.717, 1.165) is 12.2 Å². The van der Waals surface area contributed by atoms with E-state index in [4.69, 9.17) is 4.42 Å². The normalized spacial score (nSPS) is 10.3. The third kappa shape index (κ3) is 3.34. The molecule has 1 N–H and O–H groups in total. The lowest BCUT2D eigenvalue weighted by molar-refractivity contribution is 0.0827. The van der Waals surface area contributed by atoms with E-state index in [2.05, 4.69) is 15.3 Å². The Labute approximate surface area is 117 Å². The fourth-order valence-corrected chi connectivity index (χ4v) is 1.64. The maximum absolute atomic E-state index is 11.7. The van der Waals surface area contributed by atoms with Crippen LogP contribution in [0.4, 0.5) is 5.82 Å². The van der Waals surface area contributed by atoms with Gasteiger partial charge in [0, 0.05) is 26.7 Å². The van der Waals surface area contributed by atoms with Crippen LogP contribution < -0.4 is 5.32 Å². The van der Waals surface area contributed by atoms with E-state index in [1.807, 2.05) is 6.92 Å². The average Bonchev–Trinajstić information content (AvgIpc) is 2.93. The summed E-state index contributed by atoms with van der Waals surface area (Å²) in [6, 6.07) is 3.51. The number of aryl methyl sites for hydroxylation is 1. The standard InChI is InChI=1S/C14H18N4O2/c1-4-11-8-17-13(20-11)9-16-12-6-5-10(7-15-12)14(19)18(2)3/h5-8H,4,9H2,1-3H3,(H,15,16). The molecule has 0 aromatic carbocycles. The minimum absolute atomic E-state index is 0.0654. The molecule has 2 heterocycles. The van der Waals surface area contributed by atoms with Gasteiger partial charge in [-0.2, -0.15) is 0 Å². The number of pyridine rings is 1. The van der Waals surface area contributed by atoms with Gasteiger partial charge in [0.25, 0.3) is 5.91 Å². The highest BCUT2D eigenvalue weighted by atomic mass is 16.4. The Morgan fingerprint density at radius 1 is 1.30 bits per heavy atom. The maximum atomic E-state index is 11.7. The largest absolute Gasteiger partial charge is 0.444 e. The van der Waals surface area contributed by atoms with Crippen molar-refractivity contribution >= 4 is 11.7 Å². The summed E-state index contributed by atoms with van der Waals surface area (Å²) in [5, 5.41) is 3.10. The van der Waals surface area contributed by atoms with Crippen molar-refractivity contribution in [2.24, 2.45) is 0 Å². The van der Waals surface area contributed by atoms with Gasteiger partial charge in [0.05, 0.1) is 18.3 Å². The van der Waals surface area contributed by atoms with Gasteiger partial charge in [0.2, 0.25) is 5.89 Å². The third-order valence-corrected chi connectivity index (χ3v) is 2.79. The molecule has 0 bridgehead atoms. The first-order valence-corrected chi connectivity index (χ1v) is 6.45. The Morgan fingerprint density at radius 3 is 2.65 bits per heavy atom. The smallest absolute Gasteiger partial charge is 0.254 e. The van der Waals surface area contributed by atoms with Crippen LogP contribution in [0, 0.1) is 0 Å². The molecule has 0 aliphatic carbocycles. The lowest BCUT2D eigenvalue weighted by atomic mass is 10.2. The van der Waals surface area contributed by atoms with Crippen molar-refractivity contribution < 1.29 is 9.21 Å². The van der Waals surface area contributed by atoms with Crippen molar-refractivity contribution in [1.29, 1.82) is 0 Å². The van der Waals surface area contributed by atoms with Gasteiger partial charge in [0.1, 0.15) is 11.6 Å².